The van der Waals surface area contributed by atoms with E-state index < -0.39 is 10.0 Å². The van der Waals surface area contributed by atoms with Crippen LogP contribution in [0.15, 0.2) is 28.7 Å². The van der Waals surface area contributed by atoms with Gasteiger partial charge in [-0.15, -0.1) is 11.3 Å². The summed E-state index contributed by atoms with van der Waals surface area (Å²) in [5.41, 5.74) is 0.741. The fourth-order valence-electron chi connectivity index (χ4n) is 1.15. The Kier molecular flexibility index (Phi) is 3.23. The SMILES string of the molecule is N#Cc1ccc(S(=O)(=O)NCc2cn[nH]c2)s1. The Morgan fingerprint density at radius 1 is 1.53 bits per heavy atom. The zero-order valence-corrected chi connectivity index (χ0v) is 10.2. The van der Waals surface area contributed by atoms with Crippen LogP contribution >= 0.6 is 11.3 Å². The highest BCUT2D eigenvalue weighted by Gasteiger charge is 2.16. The number of hydrogen-bond donors (Lipinski definition) is 2. The quantitative estimate of drug-likeness (QED) is 0.857. The molecule has 0 atom stereocenters. The van der Waals surface area contributed by atoms with E-state index >= 15 is 0 Å². The van der Waals surface area contributed by atoms with Crippen LogP contribution in [0.2, 0.25) is 0 Å². The zero-order valence-electron chi connectivity index (χ0n) is 8.54. The van der Waals surface area contributed by atoms with E-state index in [0.29, 0.717) is 4.88 Å². The normalized spacial score (nSPS) is 11.2. The van der Waals surface area contributed by atoms with Crippen molar-refractivity contribution in [1.29, 1.82) is 5.26 Å². The van der Waals surface area contributed by atoms with Crippen molar-refractivity contribution in [2.75, 3.05) is 0 Å². The molecule has 0 aliphatic carbocycles. The number of nitrogens with zero attached hydrogens (tertiary/aromatic N) is 2. The van der Waals surface area contributed by atoms with Crippen molar-refractivity contribution in [1.82, 2.24) is 14.9 Å². The van der Waals surface area contributed by atoms with Gasteiger partial charge in [0.05, 0.1) is 6.20 Å². The molecule has 0 aromatic carbocycles. The van der Waals surface area contributed by atoms with Crippen molar-refractivity contribution < 1.29 is 8.42 Å². The molecule has 88 valence electrons. The van der Waals surface area contributed by atoms with Crippen LogP contribution in [0.25, 0.3) is 0 Å². The molecule has 0 radical (unpaired) electrons. The predicted molar refractivity (Wildman–Crippen MR) is 61.6 cm³/mol. The van der Waals surface area contributed by atoms with Crippen LogP contribution in [0.4, 0.5) is 0 Å². The highest BCUT2D eigenvalue weighted by molar-refractivity contribution is 7.91. The predicted octanol–water partition coefficient (Wildman–Crippen LogP) is 0.821. The Labute approximate surface area is 102 Å². The van der Waals surface area contributed by atoms with Gasteiger partial charge in [0.15, 0.2) is 0 Å². The molecule has 0 saturated carbocycles. The van der Waals surface area contributed by atoms with Crippen LogP contribution in [0.1, 0.15) is 10.4 Å². The first-order valence-corrected chi connectivity index (χ1v) is 6.89. The first-order chi connectivity index (χ1) is 8.12. The molecular formula is C9H8N4O2S2. The third kappa shape index (κ3) is 2.71. The average Bonchev–Trinajstić information content (AvgIpc) is 2.98. The van der Waals surface area contributed by atoms with Crippen molar-refractivity contribution >= 4 is 21.4 Å². The monoisotopic (exact) mass is 268 g/mol. The first-order valence-electron chi connectivity index (χ1n) is 4.59. The minimum Gasteiger partial charge on any atom is -0.285 e. The lowest BCUT2D eigenvalue weighted by Gasteiger charge is -2.01. The van der Waals surface area contributed by atoms with Crippen LogP contribution in [-0.2, 0) is 16.6 Å². The van der Waals surface area contributed by atoms with Crippen molar-refractivity contribution in [2.24, 2.45) is 0 Å². The third-order valence-corrected chi connectivity index (χ3v) is 4.86. The Morgan fingerprint density at radius 3 is 2.94 bits per heavy atom. The molecule has 2 rings (SSSR count). The van der Waals surface area contributed by atoms with Gasteiger partial charge in [0.25, 0.3) is 0 Å². The molecule has 0 saturated heterocycles. The van der Waals surface area contributed by atoms with Crippen molar-refractivity contribution in [3.63, 3.8) is 0 Å². The number of rotatable bonds is 4. The molecule has 2 heterocycles. The third-order valence-electron chi connectivity index (χ3n) is 1.98. The maximum Gasteiger partial charge on any atom is 0.250 e. The molecule has 0 aliphatic heterocycles. The number of nitriles is 1. The summed E-state index contributed by atoms with van der Waals surface area (Å²) in [4.78, 5) is 0.369. The molecule has 8 heteroatoms. The summed E-state index contributed by atoms with van der Waals surface area (Å²) in [7, 11) is -3.55. The molecule has 0 fully saturated rings. The molecular weight excluding hydrogens is 260 g/mol. The lowest BCUT2D eigenvalue weighted by atomic mass is 10.4. The topological polar surface area (TPSA) is 98.6 Å². The molecule has 6 nitrogen and oxygen atoms in total. The van der Waals surface area contributed by atoms with Gasteiger partial charge in [-0.3, -0.25) is 5.10 Å². The molecule has 0 spiro atoms. The minimum absolute atomic E-state index is 0.137. The standard InChI is InChI=1S/C9H8N4O2S2/c10-3-8-1-2-9(16-8)17(14,15)13-6-7-4-11-12-5-7/h1-2,4-5,13H,6H2,(H,11,12). The van der Waals surface area contributed by atoms with E-state index in [1.54, 1.807) is 6.20 Å². The average molecular weight is 268 g/mol. The van der Waals surface area contributed by atoms with E-state index in [1.807, 2.05) is 6.07 Å². The maximum absolute atomic E-state index is 11.8. The van der Waals surface area contributed by atoms with E-state index in [1.165, 1.54) is 18.3 Å². The van der Waals surface area contributed by atoms with Crippen LogP contribution < -0.4 is 4.72 Å². The second kappa shape index (κ2) is 4.67. The summed E-state index contributed by atoms with van der Waals surface area (Å²) in [5, 5.41) is 14.9. The summed E-state index contributed by atoms with van der Waals surface area (Å²) in [6, 6.07) is 4.80. The number of aromatic nitrogens is 2. The lowest BCUT2D eigenvalue weighted by molar-refractivity contribution is 0.583. The Bertz CT molecular complexity index is 637. The number of thiophene rings is 1. The molecule has 2 N–H and O–H groups in total. The van der Waals surface area contributed by atoms with Crippen molar-refractivity contribution in [2.45, 2.75) is 10.8 Å². The van der Waals surface area contributed by atoms with E-state index in [4.69, 9.17) is 5.26 Å². The second-order valence-electron chi connectivity index (χ2n) is 3.16. The molecule has 2 aromatic rings. The number of aromatic amines is 1. The maximum atomic E-state index is 11.8. The van der Waals surface area contributed by atoms with E-state index in [-0.39, 0.29) is 10.8 Å². The van der Waals surface area contributed by atoms with Crippen LogP contribution in [-0.4, -0.2) is 18.6 Å². The Morgan fingerprint density at radius 2 is 2.35 bits per heavy atom. The van der Waals surface area contributed by atoms with Gasteiger partial charge >= 0.3 is 0 Å². The van der Waals surface area contributed by atoms with Crippen molar-refractivity contribution in [3.05, 3.63) is 35.0 Å². The number of H-pyrrole nitrogens is 1. The smallest absolute Gasteiger partial charge is 0.250 e. The molecule has 17 heavy (non-hydrogen) atoms. The summed E-state index contributed by atoms with van der Waals surface area (Å²) in [6.45, 7) is 0.165. The Hall–Kier alpha value is -1.69. The van der Waals surface area contributed by atoms with Gasteiger partial charge in [0.2, 0.25) is 10.0 Å². The fraction of sp³-hybridized carbons (Fsp3) is 0.111. The fourth-order valence-corrected chi connectivity index (χ4v) is 3.31. The molecule has 0 aliphatic rings. The van der Waals surface area contributed by atoms with Gasteiger partial charge in [-0.05, 0) is 12.1 Å². The summed E-state index contributed by atoms with van der Waals surface area (Å²) in [5.74, 6) is 0. The molecule has 0 unspecified atom stereocenters. The lowest BCUT2D eigenvalue weighted by Crippen LogP contribution is -2.22. The van der Waals surface area contributed by atoms with Gasteiger partial charge < -0.3 is 0 Å². The van der Waals surface area contributed by atoms with Crippen molar-refractivity contribution in [3.8, 4) is 6.07 Å². The van der Waals surface area contributed by atoms with E-state index in [2.05, 4.69) is 14.9 Å². The molecule has 0 amide bonds. The second-order valence-corrected chi connectivity index (χ2v) is 6.24. The van der Waals surface area contributed by atoms with Gasteiger partial charge in [-0.1, -0.05) is 0 Å². The van der Waals surface area contributed by atoms with Gasteiger partial charge in [0, 0.05) is 18.3 Å². The number of sulfonamides is 1. The number of hydrogen-bond acceptors (Lipinski definition) is 5. The van der Waals surface area contributed by atoms with Gasteiger partial charge in [0.1, 0.15) is 15.2 Å². The summed E-state index contributed by atoms with van der Waals surface area (Å²) >= 11 is 0.942. The zero-order chi connectivity index (χ0) is 12.3. The number of nitrogens with one attached hydrogen (secondary N) is 2. The highest BCUT2D eigenvalue weighted by Crippen LogP contribution is 2.20. The van der Waals surface area contributed by atoms with Crippen LogP contribution in [0, 0.1) is 11.3 Å². The molecule has 0 bridgehead atoms. The van der Waals surface area contributed by atoms with E-state index in [9.17, 15) is 8.42 Å². The minimum atomic E-state index is -3.55. The summed E-state index contributed by atoms with van der Waals surface area (Å²) in [6.07, 6.45) is 3.15. The summed E-state index contributed by atoms with van der Waals surface area (Å²) < 4.78 is 26.2. The largest absolute Gasteiger partial charge is 0.285 e. The van der Waals surface area contributed by atoms with Crippen LogP contribution in [0.3, 0.4) is 0 Å². The highest BCUT2D eigenvalue weighted by atomic mass is 32.2. The first kappa shape index (κ1) is 11.8. The molecule has 2 aromatic heterocycles. The Balaban J connectivity index is 2.11. The van der Waals surface area contributed by atoms with Gasteiger partial charge in [-0.25, -0.2) is 13.1 Å². The van der Waals surface area contributed by atoms with Crippen LogP contribution in [0.5, 0.6) is 0 Å². The van der Waals surface area contributed by atoms with E-state index in [0.717, 1.165) is 16.9 Å². The van der Waals surface area contributed by atoms with Gasteiger partial charge in [-0.2, -0.15) is 10.4 Å².